The van der Waals surface area contributed by atoms with Crippen molar-refractivity contribution in [3.05, 3.63) is 18.2 Å². The lowest BCUT2D eigenvalue weighted by Gasteiger charge is -2.35. The van der Waals surface area contributed by atoms with Crippen LogP contribution in [0.5, 0.6) is 11.5 Å². The Labute approximate surface area is 172 Å². The zero-order valence-corrected chi connectivity index (χ0v) is 17.4. The van der Waals surface area contributed by atoms with E-state index in [1.54, 1.807) is 11.0 Å². The van der Waals surface area contributed by atoms with Crippen LogP contribution >= 0.6 is 12.4 Å². The quantitative estimate of drug-likeness (QED) is 0.699. The number of fused-ring (bicyclic) bond motifs is 1. The highest BCUT2D eigenvalue weighted by Crippen LogP contribution is 2.31. The number of rotatable bonds is 6. The van der Waals surface area contributed by atoms with Gasteiger partial charge in [0.1, 0.15) is 0 Å². The van der Waals surface area contributed by atoms with Crippen molar-refractivity contribution < 1.29 is 22.7 Å². The number of piperidine rings is 1. The van der Waals surface area contributed by atoms with Gasteiger partial charge in [0.2, 0.25) is 15.9 Å². The van der Waals surface area contributed by atoms with Crippen molar-refractivity contribution in [3.8, 4) is 11.5 Å². The number of amides is 1. The summed E-state index contributed by atoms with van der Waals surface area (Å²) in [5.74, 6) is 0.900. The summed E-state index contributed by atoms with van der Waals surface area (Å²) in [5.41, 5.74) is 5.74. The molecular weight excluding hydrogens is 406 g/mol. The number of hydrogen-bond acceptors (Lipinski definition) is 6. The van der Waals surface area contributed by atoms with Gasteiger partial charge in [0.15, 0.2) is 11.5 Å². The molecule has 1 unspecified atom stereocenters. The molecule has 2 aliphatic rings. The van der Waals surface area contributed by atoms with E-state index in [0.717, 1.165) is 25.7 Å². The number of halogens is 1. The maximum absolute atomic E-state index is 12.5. The highest BCUT2D eigenvalue weighted by molar-refractivity contribution is 7.89. The first-order valence-electron chi connectivity index (χ1n) is 9.40. The molecule has 10 heteroatoms. The van der Waals surface area contributed by atoms with Gasteiger partial charge in [0, 0.05) is 44.6 Å². The molecule has 2 heterocycles. The summed E-state index contributed by atoms with van der Waals surface area (Å²) >= 11 is 0. The van der Waals surface area contributed by atoms with Crippen molar-refractivity contribution in [1.29, 1.82) is 0 Å². The van der Waals surface area contributed by atoms with E-state index in [4.69, 9.17) is 15.2 Å². The van der Waals surface area contributed by atoms with Crippen LogP contribution in [-0.4, -0.2) is 58.1 Å². The number of nitrogens with one attached hydrogen (secondary N) is 1. The number of hydrogen-bond donors (Lipinski definition) is 2. The van der Waals surface area contributed by atoms with Gasteiger partial charge in [-0.15, -0.1) is 12.4 Å². The lowest BCUT2D eigenvalue weighted by atomic mass is 10.0. The monoisotopic (exact) mass is 433 g/mol. The Morgan fingerprint density at radius 2 is 1.93 bits per heavy atom. The summed E-state index contributed by atoms with van der Waals surface area (Å²) < 4.78 is 38.6. The number of ether oxygens (including phenoxy) is 2. The minimum Gasteiger partial charge on any atom is -0.490 e. The highest BCUT2D eigenvalue weighted by atomic mass is 35.5. The van der Waals surface area contributed by atoms with Crippen molar-refractivity contribution in [2.24, 2.45) is 5.73 Å². The van der Waals surface area contributed by atoms with E-state index < -0.39 is 10.0 Å². The van der Waals surface area contributed by atoms with Crippen LogP contribution in [0, 0.1) is 0 Å². The molecule has 0 saturated carbocycles. The molecule has 1 aromatic carbocycles. The fourth-order valence-electron chi connectivity index (χ4n) is 3.40. The van der Waals surface area contributed by atoms with Crippen LogP contribution in [0.2, 0.25) is 0 Å². The highest BCUT2D eigenvalue weighted by Gasteiger charge is 2.26. The molecule has 0 aliphatic carbocycles. The second kappa shape index (κ2) is 10.3. The van der Waals surface area contributed by atoms with Gasteiger partial charge in [-0.2, -0.15) is 0 Å². The van der Waals surface area contributed by atoms with Gasteiger partial charge in [-0.3, -0.25) is 4.79 Å². The molecule has 1 aromatic rings. The van der Waals surface area contributed by atoms with Gasteiger partial charge in [0.25, 0.3) is 0 Å². The van der Waals surface area contributed by atoms with Crippen LogP contribution in [0.1, 0.15) is 32.1 Å². The zero-order chi connectivity index (χ0) is 19.3. The summed E-state index contributed by atoms with van der Waals surface area (Å²) in [6, 6.07) is 4.59. The molecule has 2 aliphatic heterocycles. The Bertz CT molecular complexity index is 774. The number of likely N-dealkylation sites (tertiary alicyclic amines) is 1. The van der Waals surface area contributed by atoms with Gasteiger partial charge in [0.05, 0.1) is 18.1 Å². The Balaban J connectivity index is 0.00000280. The molecule has 158 valence electrons. The van der Waals surface area contributed by atoms with Crippen molar-refractivity contribution in [2.45, 2.75) is 43.0 Å². The first-order chi connectivity index (χ1) is 13.0. The third-order valence-corrected chi connectivity index (χ3v) is 6.34. The molecular formula is C18H28ClN3O5S. The van der Waals surface area contributed by atoms with Crippen molar-refractivity contribution in [1.82, 2.24) is 9.62 Å². The zero-order valence-electron chi connectivity index (χ0n) is 15.8. The number of nitrogens with zero attached hydrogens (tertiary/aromatic N) is 1. The van der Waals surface area contributed by atoms with Crippen LogP contribution < -0.4 is 19.9 Å². The summed E-state index contributed by atoms with van der Waals surface area (Å²) in [6.45, 7) is 2.20. The molecule has 0 spiro atoms. The largest absolute Gasteiger partial charge is 0.490 e. The summed E-state index contributed by atoms with van der Waals surface area (Å²) in [4.78, 5) is 14.3. The minimum absolute atomic E-state index is 0. The Morgan fingerprint density at radius 3 is 2.68 bits per heavy atom. The van der Waals surface area contributed by atoms with Crippen LogP contribution in [0.4, 0.5) is 0 Å². The number of carbonyl (C=O) groups is 1. The van der Waals surface area contributed by atoms with Crippen LogP contribution in [0.15, 0.2) is 23.1 Å². The van der Waals surface area contributed by atoms with Crippen molar-refractivity contribution >= 4 is 28.3 Å². The van der Waals surface area contributed by atoms with Gasteiger partial charge in [-0.1, -0.05) is 0 Å². The topological polar surface area (TPSA) is 111 Å². The van der Waals surface area contributed by atoms with E-state index in [1.807, 2.05) is 0 Å². The molecule has 0 aromatic heterocycles. The summed E-state index contributed by atoms with van der Waals surface area (Å²) in [7, 11) is -3.73. The Hall–Kier alpha value is -1.55. The average Bonchev–Trinajstić information content (AvgIpc) is 2.92. The first-order valence-corrected chi connectivity index (χ1v) is 10.9. The first kappa shape index (κ1) is 22.7. The smallest absolute Gasteiger partial charge is 0.240 e. The van der Waals surface area contributed by atoms with Gasteiger partial charge in [-0.25, -0.2) is 13.1 Å². The maximum atomic E-state index is 12.5. The van der Waals surface area contributed by atoms with Crippen LogP contribution in [0.25, 0.3) is 0 Å². The fraction of sp³-hybridized carbons (Fsp3) is 0.611. The van der Waals surface area contributed by atoms with E-state index in [0.29, 0.717) is 37.8 Å². The molecule has 8 nitrogen and oxygen atoms in total. The predicted octanol–water partition coefficient (Wildman–Crippen LogP) is 1.28. The van der Waals surface area contributed by atoms with E-state index >= 15 is 0 Å². The third kappa shape index (κ3) is 5.50. The van der Waals surface area contributed by atoms with Gasteiger partial charge in [-0.05, 0) is 31.4 Å². The van der Waals surface area contributed by atoms with Crippen LogP contribution in [-0.2, 0) is 14.8 Å². The average molecular weight is 434 g/mol. The van der Waals surface area contributed by atoms with Crippen molar-refractivity contribution in [3.63, 3.8) is 0 Å². The minimum atomic E-state index is -3.73. The molecule has 1 fully saturated rings. The molecule has 1 atom stereocenters. The normalized spacial score (nSPS) is 19.5. The number of nitrogens with two attached hydrogens (primary N) is 1. The van der Waals surface area contributed by atoms with E-state index in [1.165, 1.54) is 12.1 Å². The van der Waals surface area contributed by atoms with Gasteiger partial charge >= 0.3 is 0 Å². The van der Waals surface area contributed by atoms with E-state index in [9.17, 15) is 13.2 Å². The fourth-order valence-corrected chi connectivity index (χ4v) is 4.45. The second-order valence-electron chi connectivity index (χ2n) is 6.78. The van der Waals surface area contributed by atoms with E-state index in [-0.39, 0.29) is 42.2 Å². The molecule has 28 heavy (non-hydrogen) atoms. The van der Waals surface area contributed by atoms with Gasteiger partial charge < -0.3 is 20.1 Å². The number of benzene rings is 1. The Morgan fingerprint density at radius 1 is 1.18 bits per heavy atom. The standard InChI is InChI=1S/C18H27N3O5S.ClH/c19-13-14-4-1-2-9-21(14)18(22)7-8-20-27(23,24)15-5-6-16-17(12-15)26-11-3-10-25-16;/h5-6,12,14,20H,1-4,7-11,13,19H2;1H. The van der Waals surface area contributed by atoms with E-state index in [2.05, 4.69) is 4.72 Å². The van der Waals surface area contributed by atoms with Crippen molar-refractivity contribution in [2.75, 3.05) is 32.8 Å². The molecule has 1 saturated heterocycles. The maximum Gasteiger partial charge on any atom is 0.240 e. The van der Waals surface area contributed by atoms with Crippen LogP contribution in [0.3, 0.4) is 0 Å². The molecule has 0 bridgehead atoms. The second-order valence-corrected chi connectivity index (χ2v) is 8.55. The number of sulfonamides is 1. The molecule has 1 amide bonds. The number of carbonyl (C=O) groups excluding carboxylic acids is 1. The Kier molecular flexibility index (Phi) is 8.36. The predicted molar refractivity (Wildman–Crippen MR) is 108 cm³/mol. The molecule has 3 N–H and O–H groups in total. The SMILES string of the molecule is Cl.NCC1CCCCN1C(=O)CCNS(=O)(=O)c1ccc2c(c1)OCCCO2. The molecule has 0 radical (unpaired) electrons. The molecule has 3 rings (SSSR count). The lowest BCUT2D eigenvalue weighted by Crippen LogP contribution is -2.48. The lowest BCUT2D eigenvalue weighted by molar-refractivity contribution is -0.134. The third-order valence-electron chi connectivity index (χ3n) is 4.88. The summed E-state index contributed by atoms with van der Waals surface area (Å²) in [5, 5.41) is 0. The summed E-state index contributed by atoms with van der Waals surface area (Å²) in [6.07, 6.45) is 3.80.